The number of rotatable bonds is 10. The first kappa shape index (κ1) is 24.2. The van der Waals surface area contributed by atoms with E-state index < -0.39 is 11.9 Å². The summed E-state index contributed by atoms with van der Waals surface area (Å²) in [5.74, 6) is 0.265. The quantitative estimate of drug-likeness (QED) is 0.261. The Kier molecular flexibility index (Phi) is 9.54. The van der Waals surface area contributed by atoms with Crippen molar-refractivity contribution >= 4 is 24.0 Å². The molecule has 0 aliphatic heterocycles. The number of ether oxygens (including phenoxy) is 3. The number of hydrogen-bond donors (Lipinski definition) is 1. The fourth-order valence-electron chi connectivity index (χ4n) is 2.66. The lowest BCUT2D eigenvalue weighted by Crippen LogP contribution is -2.25. The molecule has 0 aromatic heterocycles. The molecular weight excluding hydrogens is 408 g/mol. The minimum atomic E-state index is -0.572. The van der Waals surface area contributed by atoms with Crippen molar-refractivity contribution in [1.29, 1.82) is 5.26 Å². The van der Waals surface area contributed by atoms with Crippen LogP contribution in [0, 0.1) is 11.3 Å². The molecule has 2 aromatic rings. The monoisotopic (exact) mass is 434 g/mol. The summed E-state index contributed by atoms with van der Waals surface area (Å²) >= 11 is 0. The van der Waals surface area contributed by atoms with Gasteiger partial charge in [-0.1, -0.05) is 25.1 Å². The SMILES string of the molecule is CCCNC(=O)/C(C#N)=C/c1ccc(OC(=O)/C=C/c2ccc(OCC)cc2)c(OC)c1. The van der Waals surface area contributed by atoms with E-state index in [0.29, 0.717) is 24.5 Å². The molecule has 0 radical (unpaired) electrons. The van der Waals surface area contributed by atoms with E-state index in [4.69, 9.17) is 14.2 Å². The zero-order chi connectivity index (χ0) is 23.3. The topological polar surface area (TPSA) is 97.7 Å². The number of amides is 1. The number of methoxy groups -OCH3 is 1. The van der Waals surface area contributed by atoms with Crippen molar-refractivity contribution in [3.8, 4) is 23.3 Å². The Bertz CT molecular complexity index is 1030. The third-order valence-electron chi connectivity index (χ3n) is 4.21. The van der Waals surface area contributed by atoms with E-state index in [-0.39, 0.29) is 11.3 Å². The second-order valence-electron chi connectivity index (χ2n) is 6.59. The lowest BCUT2D eigenvalue weighted by atomic mass is 10.1. The number of hydrogen-bond acceptors (Lipinski definition) is 6. The molecular formula is C25H26N2O5. The predicted octanol–water partition coefficient (Wildman–Crippen LogP) is 4.15. The average molecular weight is 434 g/mol. The Morgan fingerprint density at radius 2 is 1.78 bits per heavy atom. The fourth-order valence-corrected chi connectivity index (χ4v) is 2.66. The Morgan fingerprint density at radius 3 is 2.41 bits per heavy atom. The maximum absolute atomic E-state index is 12.2. The molecule has 7 heteroatoms. The van der Waals surface area contributed by atoms with Crippen LogP contribution in [0.3, 0.4) is 0 Å². The third kappa shape index (κ3) is 7.33. The molecule has 1 N–H and O–H groups in total. The second kappa shape index (κ2) is 12.6. The summed E-state index contributed by atoms with van der Waals surface area (Å²) in [5, 5.41) is 11.9. The van der Waals surface area contributed by atoms with Crippen molar-refractivity contribution in [3.63, 3.8) is 0 Å². The number of benzene rings is 2. The summed E-state index contributed by atoms with van der Waals surface area (Å²) in [6.45, 7) is 4.91. The number of nitrogens with one attached hydrogen (secondary N) is 1. The lowest BCUT2D eigenvalue weighted by molar-refractivity contribution is -0.129. The molecule has 2 aromatic carbocycles. The van der Waals surface area contributed by atoms with Crippen LogP contribution in [-0.4, -0.2) is 32.1 Å². The van der Waals surface area contributed by atoms with E-state index in [1.54, 1.807) is 24.3 Å². The summed E-state index contributed by atoms with van der Waals surface area (Å²) in [6.07, 6.45) is 5.17. The van der Waals surface area contributed by atoms with Crippen LogP contribution in [0.4, 0.5) is 0 Å². The third-order valence-corrected chi connectivity index (χ3v) is 4.21. The van der Waals surface area contributed by atoms with Crippen LogP contribution in [0.15, 0.2) is 54.1 Å². The van der Waals surface area contributed by atoms with Crippen LogP contribution in [0.25, 0.3) is 12.2 Å². The molecule has 0 fully saturated rings. The Hall–Kier alpha value is -4.05. The van der Waals surface area contributed by atoms with Gasteiger partial charge in [0.1, 0.15) is 17.4 Å². The standard InChI is InChI=1S/C25H26N2O5/c1-4-14-27-25(29)20(17-26)15-19-8-12-22(23(16-19)30-3)32-24(28)13-9-18-6-10-21(11-7-18)31-5-2/h6-13,15-16H,4-5,14H2,1-3H3,(H,27,29)/b13-9+,20-15+. The molecule has 0 aliphatic rings. The molecule has 2 rings (SSSR count). The normalized spacial score (nSPS) is 11.0. The smallest absolute Gasteiger partial charge is 0.336 e. The van der Waals surface area contributed by atoms with Crippen molar-refractivity contribution < 1.29 is 23.8 Å². The van der Waals surface area contributed by atoms with E-state index >= 15 is 0 Å². The van der Waals surface area contributed by atoms with Crippen molar-refractivity contribution in [3.05, 3.63) is 65.2 Å². The van der Waals surface area contributed by atoms with Gasteiger partial charge >= 0.3 is 5.97 Å². The molecule has 1 amide bonds. The summed E-state index contributed by atoms with van der Waals surface area (Å²) in [7, 11) is 1.44. The van der Waals surface area contributed by atoms with E-state index in [2.05, 4.69) is 5.32 Å². The highest BCUT2D eigenvalue weighted by molar-refractivity contribution is 6.01. The lowest BCUT2D eigenvalue weighted by Gasteiger charge is -2.09. The number of carbonyl (C=O) groups excluding carboxylic acids is 2. The van der Waals surface area contributed by atoms with Gasteiger partial charge in [-0.25, -0.2) is 4.79 Å². The van der Waals surface area contributed by atoms with Crippen LogP contribution in [0.2, 0.25) is 0 Å². The summed E-state index contributed by atoms with van der Waals surface area (Å²) in [5.41, 5.74) is 1.36. The largest absolute Gasteiger partial charge is 0.494 e. The van der Waals surface area contributed by atoms with Gasteiger partial charge in [0.2, 0.25) is 0 Å². The van der Waals surface area contributed by atoms with Crippen LogP contribution < -0.4 is 19.5 Å². The van der Waals surface area contributed by atoms with Crippen LogP contribution in [-0.2, 0) is 9.59 Å². The van der Waals surface area contributed by atoms with E-state index in [9.17, 15) is 14.9 Å². The zero-order valence-electron chi connectivity index (χ0n) is 18.4. The van der Waals surface area contributed by atoms with Gasteiger partial charge < -0.3 is 19.5 Å². The molecule has 0 aliphatic carbocycles. The van der Waals surface area contributed by atoms with Crippen LogP contribution in [0.1, 0.15) is 31.4 Å². The molecule has 0 atom stereocenters. The molecule has 0 saturated heterocycles. The van der Waals surface area contributed by atoms with Gasteiger partial charge in [0, 0.05) is 12.6 Å². The van der Waals surface area contributed by atoms with Gasteiger partial charge in [0.25, 0.3) is 5.91 Å². The summed E-state index contributed by atoms with van der Waals surface area (Å²) < 4.78 is 16.1. The molecule has 0 bridgehead atoms. The first-order valence-electron chi connectivity index (χ1n) is 10.2. The van der Waals surface area contributed by atoms with Gasteiger partial charge in [-0.15, -0.1) is 0 Å². The minimum absolute atomic E-state index is 0.0245. The molecule has 7 nitrogen and oxygen atoms in total. The van der Waals surface area contributed by atoms with E-state index in [1.165, 1.54) is 19.3 Å². The number of esters is 1. The minimum Gasteiger partial charge on any atom is -0.494 e. The predicted molar refractivity (Wildman–Crippen MR) is 122 cm³/mol. The maximum Gasteiger partial charge on any atom is 0.336 e. The molecule has 166 valence electrons. The first-order chi connectivity index (χ1) is 15.5. The summed E-state index contributed by atoms with van der Waals surface area (Å²) in [4.78, 5) is 24.3. The van der Waals surface area contributed by atoms with Gasteiger partial charge in [0.05, 0.1) is 13.7 Å². The van der Waals surface area contributed by atoms with E-state index in [1.807, 2.05) is 44.2 Å². The molecule has 0 saturated carbocycles. The first-order valence-corrected chi connectivity index (χ1v) is 10.2. The Balaban J connectivity index is 2.10. The highest BCUT2D eigenvalue weighted by Crippen LogP contribution is 2.29. The number of nitriles is 1. The summed E-state index contributed by atoms with van der Waals surface area (Å²) in [6, 6.07) is 14.0. The van der Waals surface area contributed by atoms with Crippen molar-refractivity contribution in [2.45, 2.75) is 20.3 Å². The molecule has 0 spiro atoms. The maximum atomic E-state index is 12.2. The van der Waals surface area contributed by atoms with Gasteiger partial charge in [0.15, 0.2) is 11.5 Å². The van der Waals surface area contributed by atoms with Crippen molar-refractivity contribution in [1.82, 2.24) is 5.32 Å². The number of nitrogens with zero attached hydrogens (tertiary/aromatic N) is 1. The van der Waals surface area contributed by atoms with Crippen molar-refractivity contribution in [2.75, 3.05) is 20.3 Å². The molecule has 0 heterocycles. The second-order valence-corrected chi connectivity index (χ2v) is 6.59. The Morgan fingerprint density at radius 1 is 1.06 bits per heavy atom. The molecule has 32 heavy (non-hydrogen) atoms. The number of carbonyl (C=O) groups is 2. The van der Waals surface area contributed by atoms with E-state index in [0.717, 1.165) is 17.7 Å². The zero-order valence-corrected chi connectivity index (χ0v) is 18.4. The highest BCUT2D eigenvalue weighted by Gasteiger charge is 2.11. The van der Waals surface area contributed by atoms with Gasteiger partial charge in [-0.05, 0) is 60.9 Å². The van der Waals surface area contributed by atoms with Gasteiger partial charge in [-0.2, -0.15) is 5.26 Å². The van der Waals surface area contributed by atoms with Crippen LogP contribution in [0.5, 0.6) is 17.2 Å². The Labute approximate surface area is 187 Å². The van der Waals surface area contributed by atoms with Crippen LogP contribution >= 0.6 is 0 Å². The van der Waals surface area contributed by atoms with Crippen molar-refractivity contribution in [2.24, 2.45) is 0 Å². The molecule has 0 unspecified atom stereocenters. The van der Waals surface area contributed by atoms with Gasteiger partial charge in [-0.3, -0.25) is 4.79 Å². The average Bonchev–Trinajstić information content (AvgIpc) is 2.81. The highest BCUT2D eigenvalue weighted by atomic mass is 16.6. The fraction of sp³-hybridized carbons (Fsp3) is 0.240.